The largest absolute Gasteiger partial charge is 0.412 e. The maximum atomic E-state index is 8.74. The molecule has 0 saturated carbocycles. The topological polar surface area (TPSA) is 158 Å². The van der Waals surface area contributed by atoms with Crippen molar-refractivity contribution in [1.29, 1.82) is 0 Å². The van der Waals surface area contributed by atoms with Gasteiger partial charge in [0.05, 0.1) is 0 Å². The molecule has 0 aliphatic heterocycles. The lowest BCUT2D eigenvalue weighted by Crippen LogP contribution is -1.90. The van der Waals surface area contributed by atoms with Gasteiger partial charge in [0.15, 0.2) is 0 Å². The van der Waals surface area contributed by atoms with E-state index in [1.165, 1.54) is 0 Å². The van der Waals surface area contributed by atoms with Crippen LogP contribution in [-0.4, -0.2) is 36.1 Å². The van der Waals surface area contributed by atoms with Gasteiger partial charge in [-0.05, 0) is 0 Å². The predicted molar refractivity (Wildman–Crippen MR) is 56.3 cm³/mol. The average molecular weight is 230 g/mol. The normalized spacial score (nSPS) is 7.71. The van der Waals surface area contributed by atoms with Gasteiger partial charge in [0.25, 0.3) is 0 Å². The molecule has 88 valence electrons. The second kappa shape index (κ2) is 18.1. The fourth-order valence-electron chi connectivity index (χ4n) is 0. The molecule has 0 rings (SSSR count). The van der Waals surface area contributed by atoms with Crippen LogP contribution < -0.4 is 11.5 Å². The van der Waals surface area contributed by atoms with Gasteiger partial charge < -0.3 is 16.9 Å². The highest BCUT2D eigenvalue weighted by Crippen LogP contribution is 1.59. The van der Waals surface area contributed by atoms with Gasteiger partial charge >= 0.3 is 10.4 Å². The molecule has 0 aliphatic carbocycles. The summed E-state index contributed by atoms with van der Waals surface area (Å²) in [6.45, 7) is 7.87. The molecule has 8 N–H and O–H groups in total. The van der Waals surface area contributed by atoms with Crippen LogP contribution in [0.5, 0.6) is 0 Å². The molecule has 0 aliphatic rings. The highest BCUT2D eigenvalue weighted by atomic mass is 32.3. The smallest absolute Gasteiger partial charge is 0.394 e. The second-order valence-electron chi connectivity index (χ2n) is 1.50. The van der Waals surface area contributed by atoms with Crippen molar-refractivity contribution in [3.05, 3.63) is 25.3 Å². The maximum absolute atomic E-state index is 8.74. The van der Waals surface area contributed by atoms with Gasteiger partial charge in [-0.15, -0.1) is 13.2 Å². The first-order valence-electron chi connectivity index (χ1n) is 3.15. The zero-order valence-corrected chi connectivity index (χ0v) is 8.57. The lowest BCUT2D eigenvalue weighted by Gasteiger charge is -1.68. The Morgan fingerprint density at radius 3 is 1.14 bits per heavy atom. The highest BCUT2D eigenvalue weighted by Gasteiger charge is 1.84. The quantitative estimate of drug-likeness (QED) is 0.344. The van der Waals surface area contributed by atoms with E-state index in [4.69, 9.17) is 29.0 Å². The van der Waals surface area contributed by atoms with Crippen molar-refractivity contribution >= 4 is 10.4 Å². The van der Waals surface area contributed by atoms with E-state index < -0.39 is 10.4 Å². The second-order valence-corrected chi connectivity index (χ2v) is 2.39. The first-order chi connectivity index (χ1) is 5.83. The van der Waals surface area contributed by atoms with Crippen molar-refractivity contribution in [2.75, 3.05) is 13.1 Å². The molecule has 0 atom stereocenters. The van der Waals surface area contributed by atoms with Crippen molar-refractivity contribution in [3.8, 4) is 0 Å². The molecule has 14 heavy (non-hydrogen) atoms. The summed E-state index contributed by atoms with van der Waals surface area (Å²) in [6, 6.07) is 0. The fourth-order valence-corrected chi connectivity index (χ4v) is 0. The summed E-state index contributed by atoms with van der Waals surface area (Å²) in [5.41, 5.74) is 9.82. The molecule has 0 aromatic heterocycles. The van der Waals surface area contributed by atoms with Crippen LogP contribution in [0.25, 0.3) is 0 Å². The fraction of sp³-hybridized carbons (Fsp3) is 0.333. The van der Waals surface area contributed by atoms with Gasteiger partial charge in [-0.25, -0.2) is 0 Å². The van der Waals surface area contributed by atoms with Crippen molar-refractivity contribution in [3.63, 3.8) is 0 Å². The van der Waals surface area contributed by atoms with Gasteiger partial charge in [-0.3, -0.25) is 9.11 Å². The van der Waals surface area contributed by atoms with Crippen molar-refractivity contribution < 1.29 is 23.0 Å². The molecule has 0 saturated heterocycles. The van der Waals surface area contributed by atoms with E-state index in [2.05, 4.69) is 13.2 Å². The molecular weight excluding hydrogens is 212 g/mol. The number of nitrogens with two attached hydrogens (primary N) is 2. The Morgan fingerprint density at radius 1 is 1.07 bits per heavy atom. The van der Waals surface area contributed by atoms with Crippen LogP contribution in [-0.2, 0) is 10.4 Å². The number of hydrogen-bond acceptors (Lipinski definition) is 4. The summed E-state index contributed by atoms with van der Waals surface area (Å²) in [7, 11) is -4.67. The molecular formula is C6H18N2O5S. The van der Waals surface area contributed by atoms with E-state index in [-0.39, 0.29) is 5.48 Å². The third-order valence-electron chi connectivity index (χ3n) is 0.333. The molecule has 0 unspecified atom stereocenters. The standard InChI is InChI=1S/2C3H7N.H2O4S.H2O/c2*1-2-3-4;1-5(2,3)4;/h2*2H,1,3-4H2;(H2,1,2,3,4);1H2. The lowest BCUT2D eigenvalue weighted by molar-refractivity contribution is 0.381. The Kier molecular flexibility index (Phi) is 30.0. The van der Waals surface area contributed by atoms with Crippen LogP contribution in [0.15, 0.2) is 25.3 Å². The van der Waals surface area contributed by atoms with E-state index in [1.54, 1.807) is 12.2 Å². The average Bonchev–Trinajstić information content (AvgIpc) is 2.01. The van der Waals surface area contributed by atoms with Gasteiger partial charge in [0.2, 0.25) is 0 Å². The molecule has 0 heterocycles. The Balaban J connectivity index is -0.0000000522. The SMILES string of the molecule is C=CCN.C=CCN.O.O=S(=O)(O)O. The van der Waals surface area contributed by atoms with Crippen LogP contribution in [0.3, 0.4) is 0 Å². The molecule has 0 aromatic carbocycles. The van der Waals surface area contributed by atoms with E-state index in [0.29, 0.717) is 13.1 Å². The van der Waals surface area contributed by atoms with Crippen LogP contribution in [0.2, 0.25) is 0 Å². The van der Waals surface area contributed by atoms with E-state index in [1.807, 2.05) is 0 Å². The first kappa shape index (κ1) is 23.2. The summed E-state index contributed by atoms with van der Waals surface area (Å²) in [5, 5.41) is 0. The minimum atomic E-state index is -4.67. The Hall–Kier alpha value is -0.770. The van der Waals surface area contributed by atoms with Gasteiger partial charge in [0.1, 0.15) is 0 Å². The van der Waals surface area contributed by atoms with Crippen molar-refractivity contribution in [1.82, 2.24) is 0 Å². The van der Waals surface area contributed by atoms with Gasteiger partial charge in [-0.2, -0.15) is 8.42 Å². The zero-order chi connectivity index (χ0) is 11.3. The van der Waals surface area contributed by atoms with E-state index in [0.717, 1.165) is 0 Å². The molecule has 7 nitrogen and oxygen atoms in total. The summed E-state index contributed by atoms with van der Waals surface area (Å²) in [4.78, 5) is 0. The third kappa shape index (κ3) is 777. The van der Waals surface area contributed by atoms with Gasteiger partial charge in [-0.1, -0.05) is 12.2 Å². The van der Waals surface area contributed by atoms with Crippen LogP contribution in [0.4, 0.5) is 0 Å². The Bertz CT molecular complexity index is 186. The molecule has 0 fully saturated rings. The number of rotatable bonds is 2. The first-order valence-corrected chi connectivity index (χ1v) is 4.54. The minimum Gasteiger partial charge on any atom is -0.412 e. The van der Waals surface area contributed by atoms with E-state index in [9.17, 15) is 0 Å². The van der Waals surface area contributed by atoms with Crippen LogP contribution in [0.1, 0.15) is 0 Å². The lowest BCUT2D eigenvalue weighted by atomic mass is 10.7. The van der Waals surface area contributed by atoms with Crippen LogP contribution >= 0.6 is 0 Å². The van der Waals surface area contributed by atoms with E-state index >= 15 is 0 Å². The van der Waals surface area contributed by atoms with Crippen molar-refractivity contribution in [2.24, 2.45) is 11.5 Å². The third-order valence-corrected chi connectivity index (χ3v) is 0.333. The summed E-state index contributed by atoms with van der Waals surface area (Å²) >= 11 is 0. The molecule has 0 bridgehead atoms. The maximum Gasteiger partial charge on any atom is 0.394 e. The van der Waals surface area contributed by atoms with Crippen LogP contribution in [0, 0.1) is 0 Å². The highest BCUT2D eigenvalue weighted by molar-refractivity contribution is 7.79. The van der Waals surface area contributed by atoms with Gasteiger partial charge in [0, 0.05) is 13.1 Å². The molecule has 8 heteroatoms. The number of hydrogen-bond donors (Lipinski definition) is 4. The molecule has 0 aromatic rings. The predicted octanol–water partition coefficient (Wildman–Crippen LogP) is -1.22. The molecule has 0 amide bonds. The Labute approximate surface area is 84.0 Å². The monoisotopic (exact) mass is 230 g/mol. The molecule has 0 spiro atoms. The summed E-state index contributed by atoms with van der Waals surface area (Å²) < 4.78 is 31.6. The van der Waals surface area contributed by atoms with Crippen molar-refractivity contribution in [2.45, 2.75) is 0 Å². The molecule has 0 radical (unpaired) electrons. The minimum absolute atomic E-state index is 0. The zero-order valence-electron chi connectivity index (χ0n) is 7.76. The summed E-state index contributed by atoms with van der Waals surface area (Å²) in [6.07, 6.45) is 3.31. The Morgan fingerprint density at radius 2 is 1.14 bits per heavy atom. The summed E-state index contributed by atoms with van der Waals surface area (Å²) in [5.74, 6) is 0.